The van der Waals surface area contributed by atoms with E-state index in [0.29, 0.717) is 14.4 Å². The zero-order valence-electron chi connectivity index (χ0n) is 16.4. The summed E-state index contributed by atoms with van der Waals surface area (Å²) in [5, 5.41) is 39.5. The fourth-order valence-electron chi connectivity index (χ4n) is 3.42. The first-order valence-electron chi connectivity index (χ1n) is 9.50. The Morgan fingerprint density at radius 2 is 1.82 bits per heavy atom. The minimum atomic E-state index is -1.61. The second-order valence-electron chi connectivity index (χ2n) is 7.23. The molecule has 5 unspecified atom stereocenters. The highest BCUT2D eigenvalue weighted by Gasteiger charge is 2.46. The molecule has 1 aliphatic heterocycles. The molecule has 0 bridgehead atoms. The second kappa shape index (κ2) is 9.90. The Morgan fingerprint density at radius 3 is 2.45 bits per heavy atom. The van der Waals surface area contributed by atoms with Gasteiger partial charge in [-0.15, -0.1) is 5.10 Å². The van der Waals surface area contributed by atoms with Gasteiger partial charge in [0.15, 0.2) is 17.5 Å². The number of thioether (sulfide) groups is 1. The fourth-order valence-corrected chi connectivity index (χ4v) is 5.17. The summed E-state index contributed by atoms with van der Waals surface area (Å²) in [6, 6.07) is 5.51. The van der Waals surface area contributed by atoms with Gasteiger partial charge in [0.1, 0.15) is 35.5 Å². The molecule has 33 heavy (non-hydrogen) atoms. The van der Waals surface area contributed by atoms with Crippen molar-refractivity contribution in [2.24, 2.45) is 0 Å². The van der Waals surface area contributed by atoms with Crippen LogP contribution < -0.4 is 0 Å². The molecular formula is C20H16BrClF3N3O4S. The lowest BCUT2D eigenvalue weighted by Crippen LogP contribution is -2.55. The molecule has 0 radical (unpaired) electrons. The molecule has 0 aliphatic carbocycles. The summed E-state index contributed by atoms with van der Waals surface area (Å²) >= 11 is 10.5. The fraction of sp³-hybridized carbons (Fsp3) is 0.300. The Balaban J connectivity index is 1.63. The van der Waals surface area contributed by atoms with Crippen LogP contribution in [0.3, 0.4) is 0 Å². The number of ether oxygens (including phenoxy) is 1. The summed E-state index contributed by atoms with van der Waals surface area (Å²) in [5.41, 5.74) is -1.01. The number of aliphatic hydroxyl groups is 3. The zero-order valence-corrected chi connectivity index (χ0v) is 19.6. The summed E-state index contributed by atoms with van der Waals surface area (Å²) in [6.07, 6.45) is -2.50. The van der Waals surface area contributed by atoms with Gasteiger partial charge in [0, 0.05) is 14.9 Å². The summed E-state index contributed by atoms with van der Waals surface area (Å²) in [5.74, 6) is -4.39. The normalized spacial score (nSPS) is 25.4. The largest absolute Gasteiger partial charge is 0.394 e. The average molecular weight is 567 g/mol. The van der Waals surface area contributed by atoms with Crippen LogP contribution in [0, 0.1) is 17.5 Å². The van der Waals surface area contributed by atoms with Crippen LogP contribution >= 0.6 is 39.3 Å². The second-order valence-corrected chi connectivity index (χ2v) is 9.66. The number of halogens is 5. The molecule has 1 aliphatic rings. The summed E-state index contributed by atoms with van der Waals surface area (Å²) in [7, 11) is 0. The molecule has 1 fully saturated rings. The van der Waals surface area contributed by atoms with Crippen molar-refractivity contribution < 1.29 is 33.2 Å². The maximum absolute atomic E-state index is 13.6. The first-order valence-corrected chi connectivity index (χ1v) is 11.6. The summed E-state index contributed by atoms with van der Waals surface area (Å²) in [6.45, 7) is -0.540. The third-order valence-corrected chi connectivity index (χ3v) is 7.45. The van der Waals surface area contributed by atoms with Gasteiger partial charge < -0.3 is 20.1 Å². The van der Waals surface area contributed by atoms with Crippen molar-refractivity contribution >= 4 is 39.3 Å². The Hall–Kier alpha value is -1.67. The number of rotatable bonds is 5. The SMILES string of the molecule is OCC1OC(Sc2ccc(Cl)c(Br)c2)C(O)C(n2cc(-c3cc(F)c(F)c(F)c3)nn2)C1O. The molecule has 5 atom stereocenters. The van der Waals surface area contributed by atoms with Crippen LogP contribution in [0.5, 0.6) is 0 Å². The summed E-state index contributed by atoms with van der Waals surface area (Å²) < 4.78 is 47.9. The Morgan fingerprint density at radius 1 is 1.12 bits per heavy atom. The van der Waals surface area contributed by atoms with Crippen molar-refractivity contribution in [3.05, 3.63) is 63.5 Å². The number of hydrogen-bond donors (Lipinski definition) is 3. The van der Waals surface area contributed by atoms with Crippen LogP contribution in [0.1, 0.15) is 6.04 Å². The van der Waals surface area contributed by atoms with E-state index in [0.717, 1.165) is 28.6 Å². The Kier molecular flexibility index (Phi) is 7.34. The smallest absolute Gasteiger partial charge is 0.194 e. The van der Waals surface area contributed by atoms with Crippen LogP contribution in [-0.4, -0.2) is 60.7 Å². The van der Waals surface area contributed by atoms with Gasteiger partial charge in [-0.2, -0.15) is 0 Å². The molecule has 2 aromatic carbocycles. The number of aromatic nitrogens is 3. The van der Waals surface area contributed by atoms with Gasteiger partial charge in [0.2, 0.25) is 0 Å². The van der Waals surface area contributed by atoms with Gasteiger partial charge in [-0.05, 0) is 46.3 Å². The number of nitrogens with zero attached hydrogens (tertiary/aromatic N) is 3. The first kappa shape index (κ1) is 24.5. The quantitative estimate of drug-likeness (QED) is 0.406. The van der Waals surface area contributed by atoms with Gasteiger partial charge in [-0.1, -0.05) is 28.6 Å². The van der Waals surface area contributed by atoms with Gasteiger partial charge in [0.25, 0.3) is 0 Å². The Labute approximate surface area is 203 Å². The number of hydrogen-bond acceptors (Lipinski definition) is 7. The molecular weight excluding hydrogens is 551 g/mol. The van der Waals surface area contributed by atoms with E-state index in [4.69, 9.17) is 16.3 Å². The third kappa shape index (κ3) is 4.92. The molecule has 0 saturated carbocycles. The van der Waals surface area contributed by atoms with Crippen LogP contribution in [0.2, 0.25) is 5.02 Å². The molecule has 176 valence electrons. The lowest BCUT2D eigenvalue weighted by molar-refractivity contribution is -0.178. The molecule has 13 heteroatoms. The molecule has 1 aromatic heterocycles. The minimum Gasteiger partial charge on any atom is -0.394 e. The third-order valence-electron chi connectivity index (χ3n) is 5.09. The van der Waals surface area contributed by atoms with E-state index < -0.39 is 53.8 Å². The first-order chi connectivity index (χ1) is 15.7. The van der Waals surface area contributed by atoms with Crippen molar-refractivity contribution in [2.45, 2.75) is 34.7 Å². The maximum atomic E-state index is 13.6. The van der Waals surface area contributed by atoms with Crippen molar-refractivity contribution in [3.63, 3.8) is 0 Å². The molecule has 0 amide bonds. The molecule has 1 saturated heterocycles. The Bertz CT molecular complexity index is 1150. The number of benzene rings is 2. The van der Waals surface area contributed by atoms with E-state index in [9.17, 15) is 28.5 Å². The monoisotopic (exact) mass is 565 g/mol. The van der Waals surface area contributed by atoms with Gasteiger partial charge >= 0.3 is 0 Å². The van der Waals surface area contributed by atoms with E-state index >= 15 is 0 Å². The summed E-state index contributed by atoms with van der Waals surface area (Å²) in [4.78, 5) is 0.693. The van der Waals surface area contributed by atoms with Gasteiger partial charge in [-0.25, -0.2) is 17.9 Å². The van der Waals surface area contributed by atoms with Crippen molar-refractivity contribution in [3.8, 4) is 11.3 Å². The van der Waals surface area contributed by atoms with Gasteiger partial charge in [-0.3, -0.25) is 0 Å². The highest BCUT2D eigenvalue weighted by atomic mass is 79.9. The minimum absolute atomic E-state index is 0.00919. The standard InChI is InChI=1S/C20H16BrClF3N3O4S/c21-10-5-9(1-2-11(10)22)33-20-19(31)17(18(30)15(7-29)32-20)28-6-14(26-27-28)8-3-12(23)16(25)13(24)4-8/h1-6,15,17-20,29-31H,7H2. The molecule has 2 heterocycles. The highest BCUT2D eigenvalue weighted by Crippen LogP contribution is 2.39. The van der Waals surface area contributed by atoms with E-state index in [-0.39, 0.29) is 11.3 Å². The molecule has 4 rings (SSSR count). The maximum Gasteiger partial charge on any atom is 0.194 e. The van der Waals surface area contributed by atoms with Crippen molar-refractivity contribution in [1.29, 1.82) is 0 Å². The van der Waals surface area contributed by atoms with E-state index in [2.05, 4.69) is 26.2 Å². The number of aliphatic hydroxyl groups excluding tert-OH is 3. The van der Waals surface area contributed by atoms with E-state index in [1.165, 1.54) is 6.20 Å². The topological polar surface area (TPSA) is 101 Å². The van der Waals surface area contributed by atoms with Gasteiger partial charge in [0.05, 0.1) is 17.8 Å². The molecule has 3 aromatic rings. The molecule has 3 N–H and O–H groups in total. The molecule has 0 spiro atoms. The van der Waals surface area contributed by atoms with Crippen LogP contribution in [0.25, 0.3) is 11.3 Å². The average Bonchev–Trinajstić information content (AvgIpc) is 3.26. The highest BCUT2D eigenvalue weighted by molar-refractivity contribution is 9.10. The van der Waals surface area contributed by atoms with Crippen molar-refractivity contribution in [1.82, 2.24) is 15.0 Å². The predicted molar refractivity (Wildman–Crippen MR) is 117 cm³/mol. The van der Waals surface area contributed by atoms with E-state index in [1.807, 2.05) is 0 Å². The van der Waals surface area contributed by atoms with Crippen LogP contribution in [0.4, 0.5) is 13.2 Å². The predicted octanol–water partition coefficient (Wildman–Crippen LogP) is 3.55. The lowest BCUT2D eigenvalue weighted by Gasteiger charge is -2.41. The van der Waals surface area contributed by atoms with E-state index in [1.54, 1.807) is 18.2 Å². The lowest BCUT2D eigenvalue weighted by atomic mass is 9.97. The van der Waals surface area contributed by atoms with Crippen molar-refractivity contribution in [2.75, 3.05) is 6.61 Å². The zero-order chi connectivity index (χ0) is 23.9. The molecule has 7 nitrogen and oxygen atoms in total. The van der Waals surface area contributed by atoms with Crippen LogP contribution in [0.15, 0.2) is 45.9 Å². The van der Waals surface area contributed by atoms with Crippen LogP contribution in [-0.2, 0) is 4.74 Å².